The van der Waals surface area contributed by atoms with Crippen LogP contribution in [0.4, 0.5) is 10.6 Å². The van der Waals surface area contributed by atoms with Gasteiger partial charge in [-0.2, -0.15) is 5.26 Å². The fourth-order valence-electron chi connectivity index (χ4n) is 5.10. The molecule has 0 aliphatic carbocycles. The van der Waals surface area contributed by atoms with Crippen LogP contribution in [0.3, 0.4) is 0 Å². The normalized spacial score (nSPS) is 15.4. The van der Waals surface area contributed by atoms with Gasteiger partial charge >= 0.3 is 6.09 Å². The van der Waals surface area contributed by atoms with E-state index in [2.05, 4.69) is 33.1 Å². The van der Waals surface area contributed by atoms with E-state index in [9.17, 15) is 14.9 Å². The van der Waals surface area contributed by atoms with Crippen LogP contribution in [0.1, 0.15) is 44.7 Å². The molecule has 9 heteroatoms. The van der Waals surface area contributed by atoms with Gasteiger partial charge in [-0.15, -0.1) is 0 Å². The number of amides is 2. The molecule has 8 nitrogen and oxygen atoms in total. The van der Waals surface area contributed by atoms with Crippen molar-refractivity contribution in [3.63, 3.8) is 0 Å². The molecule has 5 rings (SSSR count). The van der Waals surface area contributed by atoms with E-state index in [4.69, 9.17) is 16.3 Å². The number of nitriles is 1. The van der Waals surface area contributed by atoms with E-state index in [1.165, 1.54) is 6.20 Å². The fourth-order valence-corrected chi connectivity index (χ4v) is 5.31. The number of nitrogens with one attached hydrogen (secondary N) is 1. The van der Waals surface area contributed by atoms with Crippen molar-refractivity contribution in [2.24, 2.45) is 5.92 Å². The Labute approximate surface area is 244 Å². The van der Waals surface area contributed by atoms with Crippen molar-refractivity contribution in [2.75, 3.05) is 18.4 Å². The summed E-state index contributed by atoms with van der Waals surface area (Å²) in [4.78, 5) is 31.7. The molecule has 2 aromatic carbocycles. The minimum atomic E-state index is -0.599. The van der Waals surface area contributed by atoms with E-state index < -0.39 is 11.7 Å². The Morgan fingerprint density at radius 1 is 1.17 bits per heavy atom. The number of hydrogen-bond donors (Lipinski definition) is 1. The van der Waals surface area contributed by atoms with Gasteiger partial charge in [0.05, 0.1) is 22.0 Å². The van der Waals surface area contributed by atoms with Crippen LogP contribution in [-0.2, 0) is 16.1 Å². The molecule has 0 spiro atoms. The van der Waals surface area contributed by atoms with Gasteiger partial charge in [-0.05, 0) is 56.9 Å². The molecule has 1 fully saturated rings. The molecule has 0 radical (unpaired) electrons. The highest BCUT2D eigenvalue weighted by Gasteiger charge is 2.31. The first-order chi connectivity index (χ1) is 19.6. The summed E-state index contributed by atoms with van der Waals surface area (Å²) in [7, 11) is 0. The molecule has 2 amide bonds. The number of piperidine rings is 1. The first-order valence-corrected chi connectivity index (χ1v) is 14.0. The van der Waals surface area contributed by atoms with Crippen molar-refractivity contribution in [3.8, 4) is 17.2 Å². The molecule has 0 unspecified atom stereocenters. The van der Waals surface area contributed by atoms with Gasteiger partial charge in [-0.25, -0.2) is 9.78 Å². The predicted octanol–water partition coefficient (Wildman–Crippen LogP) is 6.86. The summed E-state index contributed by atoms with van der Waals surface area (Å²) in [5.41, 5.74) is 3.59. The van der Waals surface area contributed by atoms with Crippen molar-refractivity contribution >= 4 is 40.3 Å². The zero-order valence-electron chi connectivity index (χ0n) is 23.4. The lowest BCUT2D eigenvalue weighted by molar-refractivity contribution is -0.121. The zero-order valence-corrected chi connectivity index (χ0v) is 24.1. The lowest BCUT2D eigenvalue weighted by atomic mass is 9.97. The minimum Gasteiger partial charge on any atom is -0.444 e. The number of pyridine rings is 1. The molecule has 1 atom stereocenters. The molecule has 210 valence electrons. The van der Waals surface area contributed by atoms with E-state index in [-0.39, 0.29) is 18.4 Å². The predicted molar refractivity (Wildman–Crippen MR) is 160 cm³/mol. The van der Waals surface area contributed by atoms with Gasteiger partial charge in [-0.3, -0.25) is 4.79 Å². The molecule has 0 bridgehead atoms. The number of halogens is 1. The lowest BCUT2D eigenvalue weighted by Gasteiger charge is -2.33. The van der Waals surface area contributed by atoms with Gasteiger partial charge in [0, 0.05) is 43.0 Å². The van der Waals surface area contributed by atoms with Crippen molar-refractivity contribution in [2.45, 2.75) is 45.8 Å². The second-order valence-corrected chi connectivity index (χ2v) is 11.7. The molecule has 1 aliphatic heterocycles. The third-order valence-corrected chi connectivity index (χ3v) is 7.36. The summed E-state index contributed by atoms with van der Waals surface area (Å²) >= 11 is 6.58. The molecular formula is C32H32ClN5O3. The third kappa shape index (κ3) is 6.53. The zero-order chi connectivity index (χ0) is 29.1. The Bertz CT molecular complexity index is 1640. The maximum Gasteiger partial charge on any atom is 0.410 e. The maximum atomic E-state index is 13.2. The van der Waals surface area contributed by atoms with E-state index in [0.717, 1.165) is 22.0 Å². The molecule has 1 aliphatic rings. The minimum absolute atomic E-state index is 0.204. The number of carbonyl (C=O) groups is 2. The van der Waals surface area contributed by atoms with E-state index in [1.54, 1.807) is 11.0 Å². The highest BCUT2D eigenvalue weighted by atomic mass is 35.5. The molecule has 41 heavy (non-hydrogen) atoms. The number of benzene rings is 2. The quantitative estimate of drug-likeness (QED) is 0.283. The molecule has 1 N–H and O–H groups in total. The lowest BCUT2D eigenvalue weighted by Crippen LogP contribution is -2.45. The van der Waals surface area contributed by atoms with Crippen molar-refractivity contribution in [1.82, 2.24) is 14.5 Å². The van der Waals surface area contributed by atoms with Gasteiger partial charge in [0.1, 0.15) is 17.5 Å². The first-order valence-electron chi connectivity index (χ1n) is 13.6. The van der Waals surface area contributed by atoms with Crippen LogP contribution in [0.5, 0.6) is 0 Å². The summed E-state index contributed by atoms with van der Waals surface area (Å²) in [6.07, 6.45) is 4.36. The van der Waals surface area contributed by atoms with Gasteiger partial charge in [0.15, 0.2) is 0 Å². The monoisotopic (exact) mass is 569 g/mol. The molecule has 1 saturated heterocycles. The number of anilines is 1. The largest absolute Gasteiger partial charge is 0.444 e. The topological polar surface area (TPSA) is 100 Å². The number of aromatic nitrogens is 2. The van der Waals surface area contributed by atoms with Crippen molar-refractivity contribution in [3.05, 3.63) is 83.1 Å². The smallest absolute Gasteiger partial charge is 0.410 e. The summed E-state index contributed by atoms with van der Waals surface area (Å²) < 4.78 is 7.55. The molecular weight excluding hydrogens is 538 g/mol. The van der Waals surface area contributed by atoms with Crippen LogP contribution < -0.4 is 5.32 Å². The molecule has 3 heterocycles. The summed E-state index contributed by atoms with van der Waals surface area (Å²) in [5, 5.41) is 13.9. The number of carbonyl (C=O) groups excluding carboxylic acids is 2. The van der Waals surface area contributed by atoms with Crippen LogP contribution >= 0.6 is 11.6 Å². The number of rotatable bonds is 5. The Hall–Kier alpha value is -4.35. The van der Waals surface area contributed by atoms with Crippen LogP contribution in [-0.4, -0.2) is 45.1 Å². The highest BCUT2D eigenvalue weighted by molar-refractivity contribution is 6.33. The average Bonchev–Trinajstić information content (AvgIpc) is 3.30. The Morgan fingerprint density at radius 2 is 1.95 bits per heavy atom. The van der Waals surface area contributed by atoms with Crippen molar-refractivity contribution in [1.29, 1.82) is 5.26 Å². The molecule has 2 aromatic heterocycles. The standard InChI is InChI=1S/C32H32ClN5O3/c1-32(2,3)41-31(40)37-13-7-10-23(19-37)30(39)36-29-15-26(27(33)17-35-29)22-11-12-25-24(16-34)20-38(28(25)14-22)18-21-8-5-4-6-9-21/h4-6,8-9,11-12,14-15,17,20,23H,7,10,13,18-19H2,1-3H3,(H,35,36,39)/t23-/m1/s1. The van der Waals surface area contributed by atoms with Gasteiger partial charge < -0.3 is 19.5 Å². The Morgan fingerprint density at radius 3 is 2.68 bits per heavy atom. The summed E-state index contributed by atoms with van der Waals surface area (Å²) in [6.45, 7) is 6.94. The van der Waals surface area contributed by atoms with E-state index in [1.807, 2.05) is 63.4 Å². The maximum absolute atomic E-state index is 13.2. The van der Waals surface area contributed by atoms with E-state index in [0.29, 0.717) is 47.9 Å². The Balaban J connectivity index is 1.37. The number of likely N-dealkylation sites (tertiary alicyclic amines) is 1. The van der Waals surface area contributed by atoms with Gasteiger partial charge in [0.2, 0.25) is 5.91 Å². The molecule has 4 aromatic rings. The Kier molecular flexibility index (Phi) is 8.00. The van der Waals surface area contributed by atoms with Gasteiger partial charge in [0.25, 0.3) is 0 Å². The molecule has 0 saturated carbocycles. The number of nitrogens with zero attached hydrogens (tertiary/aromatic N) is 4. The third-order valence-electron chi connectivity index (χ3n) is 7.06. The van der Waals surface area contributed by atoms with Crippen LogP contribution in [0.2, 0.25) is 5.02 Å². The summed E-state index contributed by atoms with van der Waals surface area (Å²) in [5.74, 6) is -0.203. The number of ether oxygens (including phenoxy) is 1. The first kappa shape index (κ1) is 28.2. The highest BCUT2D eigenvalue weighted by Crippen LogP contribution is 2.33. The number of hydrogen-bond acceptors (Lipinski definition) is 5. The van der Waals surface area contributed by atoms with Crippen LogP contribution in [0.15, 0.2) is 67.0 Å². The van der Waals surface area contributed by atoms with Crippen LogP contribution in [0.25, 0.3) is 22.0 Å². The second kappa shape index (κ2) is 11.6. The SMILES string of the molecule is CC(C)(C)OC(=O)N1CCC[C@@H](C(=O)Nc2cc(-c3ccc4c(C#N)cn(Cc5ccccc5)c4c3)c(Cl)cn2)C1. The van der Waals surface area contributed by atoms with Crippen LogP contribution in [0, 0.1) is 17.2 Å². The van der Waals surface area contributed by atoms with Gasteiger partial charge in [-0.1, -0.05) is 54.1 Å². The second-order valence-electron chi connectivity index (χ2n) is 11.3. The van der Waals surface area contributed by atoms with Crippen molar-refractivity contribution < 1.29 is 14.3 Å². The average molecular weight is 570 g/mol. The summed E-state index contributed by atoms with van der Waals surface area (Å²) in [6, 6.07) is 20.0. The fraction of sp³-hybridized carbons (Fsp3) is 0.312. The van der Waals surface area contributed by atoms with E-state index >= 15 is 0 Å². The number of fused-ring (bicyclic) bond motifs is 1.